The predicted octanol–water partition coefficient (Wildman–Crippen LogP) is 2.83. The summed E-state index contributed by atoms with van der Waals surface area (Å²) in [5, 5.41) is 2.71. The number of carbonyl (C=O) groups excluding carboxylic acids is 2. The zero-order valence-electron chi connectivity index (χ0n) is 17.2. The molecule has 0 radical (unpaired) electrons. The molecule has 2 aliphatic rings. The monoisotopic (exact) mass is 410 g/mol. The number of fused-ring (bicyclic) bond motifs is 1. The molecule has 2 heterocycles. The molecular formula is C23H26N2O5. The lowest BCUT2D eigenvalue weighted by Gasteiger charge is -2.38. The molecule has 0 aliphatic carbocycles. The van der Waals surface area contributed by atoms with Crippen LogP contribution in [0, 0.1) is 5.92 Å². The molecule has 0 bridgehead atoms. The van der Waals surface area contributed by atoms with Crippen LogP contribution >= 0.6 is 0 Å². The van der Waals surface area contributed by atoms with Crippen molar-refractivity contribution in [2.24, 2.45) is 5.92 Å². The van der Waals surface area contributed by atoms with Gasteiger partial charge in [-0.3, -0.25) is 9.59 Å². The van der Waals surface area contributed by atoms with Crippen molar-refractivity contribution in [1.82, 2.24) is 10.2 Å². The van der Waals surface area contributed by atoms with Crippen molar-refractivity contribution >= 4 is 11.8 Å². The average molecular weight is 410 g/mol. The van der Waals surface area contributed by atoms with Crippen LogP contribution in [-0.2, 0) is 14.3 Å². The fourth-order valence-corrected chi connectivity index (χ4v) is 3.59. The minimum Gasteiger partial charge on any atom is -0.454 e. The Morgan fingerprint density at radius 2 is 1.70 bits per heavy atom. The Morgan fingerprint density at radius 3 is 2.43 bits per heavy atom. The first kappa shape index (κ1) is 20.2. The molecule has 1 N–H and O–H groups in total. The van der Waals surface area contributed by atoms with Crippen LogP contribution in [0.5, 0.6) is 11.5 Å². The van der Waals surface area contributed by atoms with Gasteiger partial charge in [0.1, 0.15) is 12.2 Å². The van der Waals surface area contributed by atoms with E-state index in [1.165, 1.54) is 0 Å². The minimum absolute atomic E-state index is 0.0214. The van der Waals surface area contributed by atoms with Crippen molar-refractivity contribution in [1.29, 1.82) is 0 Å². The van der Waals surface area contributed by atoms with Gasteiger partial charge in [-0.1, -0.05) is 50.2 Å². The number of hydrogen-bond donors (Lipinski definition) is 1. The maximum atomic E-state index is 12.9. The Bertz CT molecular complexity index is 915. The number of morpholine rings is 1. The molecule has 7 nitrogen and oxygen atoms in total. The summed E-state index contributed by atoms with van der Waals surface area (Å²) >= 11 is 0. The lowest BCUT2D eigenvalue weighted by atomic mass is 10.0. The van der Waals surface area contributed by atoms with Gasteiger partial charge < -0.3 is 24.4 Å². The van der Waals surface area contributed by atoms with E-state index in [0.717, 1.165) is 11.1 Å². The third-order valence-corrected chi connectivity index (χ3v) is 5.33. The maximum Gasteiger partial charge on any atom is 0.242 e. The molecule has 0 spiro atoms. The maximum absolute atomic E-state index is 12.9. The smallest absolute Gasteiger partial charge is 0.242 e. The number of hydrogen-bond acceptors (Lipinski definition) is 5. The van der Waals surface area contributed by atoms with Gasteiger partial charge in [-0.25, -0.2) is 0 Å². The Morgan fingerprint density at radius 1 is 1.00 bits per heavy atom. The van der Waals surface area contributed by atoms with E-state index in [-0.39, 0.29) is 43.3 Å². The van der Waals surface area contributed by atoms with E-state index in [9.17, 15) is 9.59 Å². The summed E-state index contributed by atoms with van der Waals surface area (Å²) in [6.07, 6.45) is -0.580. The lowest BCUT2D eigenvalue weighted by Crippen LogP contribution is -2.48. The Labute approximate surface area is 175 Å². The molecular weight excluding hydrogens is 384 g/mol. The van der Waals surface area contributed by atoms with Crippen LogP contribution in [0.25, 0.3) is 0 Å². The van der Waals surface area contributed by atoms with Crippen molar-refractivity contribution in [3.05, 3.63) is 59.7 Å². The molecule has 7 heteroatoms. The van der Waals surface area contributed by atoms with E-state index in [1.54, 1.807) is 18.7 Å². The largest absolute Gasteiger partial charge is 0.454 e. The molecule has 2 amide bonds. The topological polar surface area (TPSA) is 77.1 Å². The first-order valence-corrected chi connectivity index (χ1v) is 10.2. The van der Waals surface area contributed by atoms with Gasteiger partial charge in [0.05, 0.1) is 19.6 Å². The molecule has 1 fully saturated rings. The molecule has 0 unspecified atom stereocenters. The molecule has 2 aliphatic heterocycles. The van der Waals surface area contributed by atoms with Crippen LogP contribution in [0.1, 0.15) is 37.2 Å². The quantitative estimate of drug-likeness (QED) is 0.820. The average Bonchev–Trinajstić information content (AvgIpc) is 3.25. The minimum atomic E-state index is -0.316. The normalized spacial score (nSPS) is 20.3. The van der Waals surface area contributed by atoms with Gasteiger partial charge in [-0.05, 0) is 23.3 Å². The van der Waals surface area contributed by atoms with E-state index < -0.39 is 0 Å². The van der Waals surface area contributed by atoms with Crippen LogP contribution in [0.4, 0.5) is 0 Å². The predicted molar refractivity (Wildman–Crippen MR) is 110 cm³/mol. The summed E-state index contributed by atoms with van der Waals surface area (Å²) in [7, 11) is 0. The van der Waals surface area contributed by atoms with Crippen LogP contribution in [0.3, 0.4) is 0 Å². The van der Waals surface area contributed by atoms with E-state index in [4.69, 9.17) is 14.2 Å². The van der Waals surface area contributed by atoms with E-state index in [1.807, 2.05) is 48.5 Å². The highest BCUT2D eigenvalue weighted by atomic mass is 16.7. The summed E-state index contributed by atoms with van der Waals surface area (Å²) in [6.45, 7) is 4.62. The molecule has 0 aromatic heterocycles. The molecule has 2 aromatic rings. The molecule has 2 atom stereocenters. The zero-order chi connectivity index (χ0) is 21.1. The van der Waals surface area contributed by atoms with Gasteiger partial charge in [-0.15, -0.1) is 0 Å². The van der Waals surface area contributed by atoms with Gasteiger partial charge in [0, 0.05) is 5.92 Å². The Hall–Kier alpha value is -3.06. The van der Waals surface area contributed by atoms with E-state index >= 15 is 0 Å². The summed E-state index contributed by atoms with van der Waals surface area (Å²) in [4.78, 5) is 26.5. The van der Waals surface area contributed by atoms with E-state index in [0.29, 0.717) is 24.6 Å². The number of benzene rings is 2. The number of nitrogens with one attached hydrogen (secondary N) is 1. The molecule has 4 rings (SSSR count). The lowest BCUT2D eigenvalue weighted by molar-refractivity contribution is -0.147. The van der Waals surface area contributed by atoms with E-state index in [2.05, 4.69) is 5.32 Å². The van der Waals surface area contributed by atoms with Gasteiger partial charge in [0.25, 0.3) is 0 Å². The highest BCUT2D eigenvalue weighted by Gasteiger charge is 2.33. The highest BCUT2D eigenvalue weighted by molar-refractivity contribution is 5.85. The number of amides is 2. The Kier molecular flexibility index (Phi) is 5.90. The molecule has 0 saturated carbocycles. The Balaban J connectivity index is 1.54. The van der Waals surface area contributed by atoms with Crippen molar-refractivity contribution in [3.8, 4) is 11.5 Å². The van der Waals surface area contributed by atoms with Crippen molar-refractivity contribution in [2.45, 2.75) is 26.1 Å². The van der Waals surface area contributed by atoms with Gasteiger partial charge >= 0.3 is 0 Å². The summed E-state index contributed by atoms with van der Waals surface area (Å²) < 4.78 is 17.3. The number of nitrogens with zero attached hydrogens (tertiary/aromatic N) is 1. The van der Waals surface area contributed by atoms with Crippen LogP contribution in [0.2, 0.25) is 0 Å². The van der Waals surface area contributed by atoms with Crippen LogP contribution in [-0.4, -0.2) is 43.1 Å². The number of rotatable bonds is 5. The van der Waals surface area contributed by atoms with Crippen molar-refractivity contribution in [2.75, 3.05) is 26.4 Å². The number of ether oxygens (including phenoxy) is 3. The van der Waals surface area contributed by atoms with Gasteiger partial charge in [0.15, 0.2) is 11.5 Å². The van der Waals surface area contributed by atoms with Crippen LogP contribution in [0.15, 0.2) is 48.5 Å². The zero-order valence-corrected chi connectivity index (χ0v) is 17.2. The summed E-state index contributed by atoms with van der Waals surface area (Å²) in [5.41, 5.74) is 1.93. The van der Waals surface area contributed by atoms with Gasteiger partial charge in [-0.2, -0.15) is 0 Å². The fraction of sp³-hybridized carbons (Fsp3) is 0.391. The van der Waals surface area contributed by atoms with Crippen LogP contribution < -0.4 is 14.8 Å². The third kappa shape index (κ3) is 4.41. The highest BCUT2D eigenvalue weighted by Crippen LogP contribution is 2.38. The molecule has 30 heavy (non-hydrogen) atoms. The molecule has 2 aromatic carbocycles. The third-order valence-electron chi connectivity index (χ3n) is 5.33. The first-order chi connectivity index (χ1) is 14.5. The first-order valence-electron chi connectivity index (χ1n) is 10.2. The second-order valence-corrected chi connectivity index (χ2v) is 7.81. The second-order valence-electron chi connectivity index (χ2n) is 7.81. The summed E-state index contributed by atoms with van der Waals surface area (Å²) in [5.74, 6) is 0.960. The second kappa shape index (κ2) is 8.75. The van der Waals surface area contributed by atoms with Gasteiger partial charge in [0.2, 0.25) is 18.6 Å². The standard InChI is InChI=1S/C23H26N2O5/c1-15(2)23(27)24-11-22(26)25-12-20(16-6-4-3-5-7-16)30-21(13-25)17-8-9-18-19(10-17)29-14-28-18/h3-10,15,20-21H,11-14H2,1-2H3,(H,24,27)/t20-,21+/m0/s1. The molecule has 158 valence electrons. The summed E-state index contributed by atoms with van der Waals surface area (Å²) in [6, 6.07) is 15.6. The van der Waals surface area contributed by atoms with Crippen molar-refractivity contribution in [3.63, 3.8) is 0 Å². The number of carbonyl (C=O) groups is 2. The fourth-order valence-electron chi connectivity index (χ4n) is 3.59. The van der Waals surface area contributed by atoms with Crippen molar-refractivity contribution < 1.29 is 23.8 Å². The SMILES string of the molecule is CC(C)C(=O)NCC(=O)N1C[C@@H](c2ccccc2)O[C@@H](c2ccc3c(c2)OCO3)C1. The molecule has 1 saturated heterocycles.